The monoisotopic (exact) mass is 444 g/mol. The molecule has 0 aliphatic carbocycles. The molecular weight excluding hydrogens is 426 g/mol. The largest absolute Gasteiger partial charge is 0.503 e. The Balaban J connectivity index is 0.00000147. The van der Waals surface area contributed by atoms with Crippen molar-refractivity contribution < 1.29 is 20.1 Å². The number of rotatable bonds is 1. The Morgan fingerprint density at radius 3 is 2.40 bits per heavy atom. The first-order chi connectivity index (χ1) is 9.07. The van der Waals surface area contributed by atoms with Crippen molar-refractivity contribution in [3.05, 3.63) is 55.5 Å². The normalized spacial score (nSPS) is 13.9. The van der Waals surface area contributed by atoms with Crippen molar-refractivity contribution in [3.63, 3.8) is 0 Å². The summed E-state index contributed by atoms with van der Waals surface area (Å²) in [4.78, 5) is 8.47. The number of anilines is 3. The predicted octanol–water partition coefficient (Wildman–Crippen LogP) is 3.76. The Hall–Kier alpha value is -1.38. The van der Waals surface area contributed by atoms with Crippen LogP contribution < -0.4 is 9.80 Å². The fourth-order valence-corrected chi connectivity index (χ4v) is 2.30. The molecule has 4 heteroatoms. The van der Waals surface area contributed by atoms with Crippen molar-refractivity contribution >= 4 is 17.1 Å². The Bertz CT molecular complexity index is 578. The molecule has 1 aromatic carbocycles. The molecule has 0 unspecified atom stereocenters. The number of aromatic nitrogens is 1. The predicted molar refractivity (Wildman–Crippen MR) is 78.2 cm³/mol. The van der Waals surface area contributed by atoms with Crippen LogP contribution in [-0.4, -0.2) is 10.5 Å². The zero-order valence-electron chi connectivity index (χ0n) is 11.8. The summed E-state index contributed by atoms with van der Waals surface area (Å²) in [5, 5.41) is 0. The van der Waals surface area contributed by atoms with Crippen LogP contribution in [0.5, 0.6) is 0 Å². The molecule has 107 valence electrons. The second kappa shape index (κ2) is 5.55. The van der Waals surface area contributed by atoms with Crippen molar-refractivity contribution in [1.29, 1.82) is 0 Å². The van der Waals surface area contributed by atoms with Gasteiger partial charge in [0.25, 0.3) is 0 Å². The van der Waals surface area contributed by atoms with Crippen molar-refractivity contribution in [3.8, 4) is 0 Å². The van der Waals surface area contributed by atoms with Gasteiger partial charge in [-0.15, -0.1) is 0 Å². The van der Waals surface area contributed by atoms with Crippen molar-refractivity contribution in [2.75, 3.05) is 9.80 Å². The van der Waals surface area contributed by atoms with Gasteiger partial charge in [0.15, 0.2) is 0 Å². The third kappa shape index (κ3) is 2.58. The molecule has 0 saturated carbocycles. The summed E-state index contributed by atoms with van der Waals surface area (Å²) in [5.41, 5.74) is 3.45. The first-order valence-corrected chi connectivity index (χ1v) is 6.42. The summed E-state index contributed by atoms with van der Waals surface area (Å²) in [6.45, 7) is 8.76. The van der Waals surface area contributed by atoms with E-state index in [1.54, 1.807) is 12.4 Å². The molecule has 3 rings (SSSR count). The quantitative estimate of drug-likeness (QED) is 0.626. The molecule has 3 nitrogen and oxygen atoms in total. The summed E-state index contributed by atoms with van der Waals surface area (Å²) in [7, 11) is 0. The topological polar surface area (TPSA) is 19.4 Å². The average molecular weight is 444 g/mol. The molecule has 2 heterocycles. The minimum Gasteiger partial charge on any atom is -0.503 e. The van der Waals surface area contributed by atoms with Gasteiger partial charge in [-0.2, -0.15) is 18.4 Å². The van der Waals surface area contributed by atoms with E-state index in [1.807, 2.05) is 6.07 Å². The maximum absolute atomic E-state index is 4.03. The van der Waals surface area contributed by atoms with Crippen LogP contribution in [0.2, 0.25) is 0 Å². The Labute approximate surface area is 134 Å². The second-order valence-corrected chi connectivity index (χ2v) is 5.64. The van der Waals surface area contributed by atoms with Gasteiger partial charge in [-0.05, 0) is 32.9 Å². The van der Waals surface area contributed by atoms with E-state index in [0.29, 0.717) is 0 Å². The molecule has 0 fully saturated rings. The number of hydrogen-bond donors (Lipinski definition) is 0. The van der Waals surface area contributed by atoms with E-state index in [9.17, 15) is 0 Å². The summed E-state index contributed by atoms with van der Waals surface area (Å²) in [6, 6.07) is 13.6. The minimum absolute atomic E-state index is 0. The maximum Gasteiger partial charge on any atom is 0.0319 e. The van der Waals surface area contributed by atoms with Crippen LogP contribution in [0.3, 0.4) is 0 Å². The molecule has 1 aromatic heterocycles. The van der Waals surface area contributed by atoms with Crippen LogP contribution >= 0.6 is 0 Å². The average Bonchev–Trinajstić information content (AvgIpc) is 2.79. The Kier molecular flexibility index (Phi) is 4.16. The fraction of sp³-hybridized carbons (Fsp3) is 0.250. The third-order valence-corrected chi connectivity index (χ3v) is 3.22. The van der Waals surface area contributed by atoms with Crippen LogP contribution in [0.1, 0.15) is 20.8 Å². The summed E-state index contributed by atoms with van der Waals surface area (Å²) in [5.74, 6) is 0. The molecule has 0 bridgehead atoms. The molecule has 1 aliphatic heterocycles. The zero-order valence-corrected chi connectivity index (χ0v) is 14.2. The van der Waals surface area contributed by atoms with E-state index in [0.717, 1.165) is 5.69 Å². The molecule has 20 heavy (non-hydrogen) atoms. The van der Waals surface area contributed by atoms with Crippen molar-refractivity contribution in [2.45, 2.75) is 26.3 Å². The van der Waals surface area contributed by atoms with Crippen LogP contribution in [0, 0.1) is 12.7 Å². The van der Waals surface area contributed by atoms with Gasteiger partial charge < -0.3 is 14.8 Å². The van der Waals surface area contributed by atoms with Gasteiger partial charge in [-0.3, -0.25) is 0 Å². The number of hydrogen-bond acceptors (Lipinski definition) is 3. The van der Waals surface area contributed by atoms with Crippen LogP contribution in [0.4, 0.5) is 17.1 Å². The number of fused-ring (bicyclic) bond motifs is 1. The van der Waals surface area contributed by atoms with Gasteiger partial charge in [0.1, 0.15) is 0 Å². The van der Waals surface area contributed by atoms with Gasteiger partial charge in [-0.25, -0.2) is 6.07 Å². The number of para-hydroxylation sites is 2. The smallest absolute Gasteiger partial charge is 0.0319 e. The first-order valence-electron chi connectivity index (χ1n) is 6.42. The van der Waals surface area contributed by atoms with Crippen LogP contribution in [0.25, 0.3) is 0 Å². The molecule has 0 atom stereocenters. The van der Waals surface area contributed by atoms with Crippen molar-refractivity contribution in [1.82, 2.24) is 4.98 Å². The maximum atomic E-state index is 4.03. The van der Waals surface area contributed by atoms with E-state index < -0.39 is 0 Å². The Morgan fingerprint density at radius 2 is 1.80 bits per heavy atom. The van der Waals surface area contributed by atoms with Gasteiger partial charge in [0, 0.05) is 37.0 Å². The van der Waals surface area contributed by atoms with E-state index >= 15 is 0 Å². The molecule has 2 aromatic rings. The fourth-order valence-electron chi connectivity index (χ4n) is 2.30. The third-order valence-electron chi connectivity index (χ3n) is 3.22. The SMILES string of the molecule is CC(C)(C)N1[CH-]N(c2[c-]cncc2)c2ccccc21.[Ir]. The molecular formula is C16H17IrN3-2. The molecule has 1 radical (unpaired) electrons. The zero-order chi connectivity index (χ0) is 13.5. The second-order valence-electron chi connectivity index (χ2n) is 5.64. The number of benzene rings is 1. The van der Waals surface area contributed by atoms with Gasteiger partial charge in [-0.1, -0.05) is 24.5 Å². The molecule has 0 amide bonds. The molecule has 0 saturated heterocycles. The first kappa shape index (κ1) is 15.0. The molecule has 0 spiro atoms. The molecule has 0 N–H and O–H groups in total. The van der Waals surface area contributed by atoms with Crippen molar-refractivity contribution in [2.24, 2.45) is 0 Å². The van der Waals surface area contributed by atoms with E-state index in [4.69, 9.17) is 0 Å². The Morgan fingerprint density at radius 1 is 1.10 bits per heavy atom. The van der Waals surface area contributed by atoms with Crippen LogP contribution in [-0.2, 0) is 20.1 Å². The van der Waals surface area contributed by atoms with Gasteiger partial charge >= 0.3 is 0 Å². The van der Waals surface area contributed by atoms with Gasteiger partial charge in [0.2, 0.25) is 0 Å². The van der Waals surface area contributed by atoms with E-state index in [-0.39, 0.29) is 25.6 Å². The van der Waals surface area contributed by atoms with E-state index in [1.165, 1.54) is 11.4 Å². The van der Waals surface area contributed by atoms with Crippen LogP contribution in [0.15, 0.2) is 42.7 Å². The molecule has 1 aliphatic rings. The van der Waals surface area contributed by atoms with Gasteiger partial charge in [0.05, 0.1) is 0 Å². The summed E-state index contributed by atoms with van der Waals surface area (Å²) < 4.78 is 0. The number of pyridine rings is 1. The van der Waals surface area contributed by atoms with E-state index in [2.05, 4.69) is 72.6 Å². The summed E-state index contributed by atoms with van der Waals surface area (Å²) in [6.07, 6.45) is 3.49. The minimum atomic E-state index is 0. The summed E-state index contributed by atoms with van der Waals surface area (Å²) >= 11 is 0. The standard InChI is InChI=1S/C16H17N3.Ir/c1-16(2,3)19-12-18(13-8-10-17-11-9-13)14-6-4-5-7-15(14)19;/h4-8,10-12H,1-3H3;/q-2;. The number of nitrogens with zero attached hydrogens (tertiary/aromatic N) is 3.